The fraction of sp³-hybridized carbons (Fsp3) is 0.718. The number of carbonyl (C=O) groups excluding carboxylic acids is 5. The molecule has 1 aromatic rings. The third-order valence-electron chi connectivity index (χ3n) is 10.7. The summed E-state index contributed by atoms with van der Waals surface area (Å²) in [5.41, 5.74) is 7.14. The molecule has 0 aromatic heterocycles. The number of hydrogen-bond acceptors (Lipinski definition) is 10. The molecule has 1 unspecified atom stereocenters. The first-order valence-electron chi connectivity index (χ1n) is 18.8. The van der Waals surface area contributed by atoms with Gasteiger partial charge in [0.1, 0.15) is 12.1 Å². The van der Waals surface area contributed by atoms with E-state index in [2.05, 4.69) is 16.0 Å². The monoisotopic (exact) mass is 746 g/mol. The Morgan fingerprint density at radius 2 is 1.58 bits per heavy atom. The molecule has 4 amide bonds. The maximum absolute atomic E-state index is 14.2. The minimum Gasteiger partial charge on any atom is -0.467 e. The summed E-state index contributed by atoms with van der Waals surface area (Å²) < 4.78 is 16.9. The molecule has 1 aromatic carbocycles. The summed E-state index contributed by atoms with van der Waals surface area (Å²) in [7, 11) is 7.68. The van der Waals surface area contributed by atoms with E-state index in [1.54, 1.807) is 37.7 Å². The van der Waals surface area contributed by atoms with Crippen LogP contribution in [0.1, 0.15) is 72.8 Å². The number of methoxy groups -OCH3 is 3. The van der Waals surface area contributed by atoms with Crippen LogP contribution in [-0.2, 0) is 44.6 Å². The number of ether oxygens (including phenoxy) is 3. The zero-order valence-corrected chi connectivity index (χ0v) is 33.7. The van der Waals surface area contributed by atoms with E-state index in [4.69, 9.17) is 19.9 Å². The summed E-state index contributed by atoms with van der Waals surface area (Å²) in [4.78, 5) is 70.9. The van der Waals surface area contributed by atoms with E-state index in [0.717, 1.165) is 5.56 Å². The van der Waals surface area contributed by atoms with Gasteiger partial charge in [0.25, 0.3) is 0 Å². The Bertz CT molecular complexity index is 1330. The fourth-order valence-corrected chi connectivity index (χ4v) is 7.44. The Hall–Kier alpha value is -3.59. The molecule has 1 aliphatic heterocycles. The van der Waals surface area contributed by atoms with Crippen molar-refractivity contribution in [1.29, 1.82) is 0 Å². The summed E-state index contributed by atoms with van der Waals surface area (Å²) in [6.07, 6.45) is 0.930. The Balaban J connectivity index is 2.27. The molecule has 1 heterocycles. The first-order chi connectivity index (χ1) is 25.1. The number of hydrogen-bond donors (Lipinski definition) is 4. The SMILES string of the molecule is CC[C@H](C)[C@@H]([C@@H](CC(=O)N1CCC[C@H]1[C@H](OC)[C@@H](C)C(=O)N[C@@H](Cc1ccccc1)C(=O)OC)OC)N(C)C(=O)[C@@H](NC(=O)C(NC)C(C)C)[C@H](C)N. The lowest BCUT2D eigenvalue weighted by atomic mass is 9.89. The standard InChI is InChI=1S/C39H66N6O8/c1-12-24(4)34(44(8)38(49)33(26(6)40)43-37(48)32(41-7)23(2)3)30(51-9)22-31(46)45-20-16-19-29(45)35(52-10)25(5)36(47)42-28(39(50)53-11)21-27-17-14-13-15-18-27/h13-15,17-18,23-26,28-30,32-35,41H,12,16,19-22,40H2,1-11H3,(H,42,47)(H,43,48)/t24-,25+,26-,28-,29-,30+,32?,33-,34-,35+/m0/s1. The number of rotatable bonds is 21. The van der Waals surface area contributed by atoms with Crippen LogP contribution in [0, 0.1) is 17.8 Å². The van der Waals surface area contributed by atoms with E-state index in [-0.39, 0.29) is 48.3 Å². The number of esters is 1. The van der Waals surface area contributed by atoms with Crippen LogP contribution in [0.25, 0.3) is 0 Å². The molecule has 0 radical (unpaired) electrons. The van der Waals surface area contributed by atoms with E-state index in [9.17, 15) is 24.0 Å². The Labute approximate surface area is 316 Å². The average Bonchev–Trinajstić information content (AvgIpc) is 3.62. The molecule has 53 heavy (non-hydrogen) atoms. The Morgan fingerprint density at radius 1 is 0.943 bits per heavy atom. The van der Waals surface area contributed by atoms with Crippen LogP contribution < -0.4 is 21.7 Å². The second kappa shape index (κ2) is 21.9. The van der Waals surface area contributed by atoms with Gasteiger partial charge in [0.05, 0.1) is 49.8 Å². The largest absolute Gasteiger partial charge is 0.467 e. The number of benzene rings is 1. The van der Waals surface area contributed by atoms with Crippen molar-refractivity contribution in [3.8, 4) is 0 Å². The van der Waals surface area contributed by atoms with Crippen molar-refractivity contribution in [3.05, 3.63) is 35.9 Å². The average molecular weight is 747 g/mol. The van der Waals surface area contributed by atoms with Gasteiger partial charge < -0.3 is 45.7 Å². The topological polar surface area (TPSA) is 182 Å². The summed E-state index contributed by atoms with van der Waals surface area (Å²) in [5, 5.41) is 8.70. The highest BCUT2D eigenvalue weighted by atomic mass is 16.5. The molecule has 0 saturated carbocycles. The predicted molar refractivity (Wildman–Crippen MR) is 203 cm³/mol. The van der Waals surface area contributed by atoms with E-state index < -0.39 is 60.3 Å². The molecule has 0 aliphatic carbocycles. The molecular weight excluding hydrogens is 680 g/mol. The van der Waals surface area contributed by atoms with Crippen molar-refractivity contribution in [2.45, 2.75) is 122 Å². The lowest BCUT2D eigenvalue weighted by Crippen LogP contribution is -2.62. The molecule has 10 atom stereocenters. The van der Waals surface area contributed by atoms with Gasteiger partial charge >= 0.3 is 5.97 Å². The highest BCUT2D eigenvalue weighted by Crippen LogP contribution is 2.29. The molecule has 5 N–H and O–H groups in total. The molecule has 14 heteroatoms. The third kappa shape index (κ3) is 12.2. The Morgan fingerprint density at radius 3 is 2.09 bits per heavy atom. The summed E-state index contributed by atoms with van der Waals surface area (Å²) in [5.74, 6) is -2.63. The van der Waals surface area contributed by atoms with Crippen molar-refractivity contribution in [3.63, 3.8) is 0 Å². The van der Waals surface area contributed by atoms with Crippen molar-refractivity contribution in [2.24, 2.45) is 23.5 Å². The molecule has 1 fully saturated rings. The highest BCUT2D eigenvalue weighted by molar-refractivity contribution is 5.90. The minimum atomic E-state index is -0.994. The second-order valence-electron chi connectivity index (χ2n) is 14.7. The van der Waals surface area contributed by atoms with Gasteiger partial charge in [0, 0.05) is 40.3 Å². The minimum absolute atomic E-state index is 0.0146. The van der Waals surface area contributed by atoms with E-state index in [1.807, 2.05) is 58.0 Å². The molecular formula is C39H66N6O8. The van der Waals surface area contributed by atoms with Crippen LogP contribution >= 0.6 is 0 Å². The Kier molecular flexibility index (Phi) is 18.9. The number of carbonyl (C=O) groups is 5. The summed E-state index contributed by atoms with van der Waals surface area (Å²) >= 11 is 0. The zero-order valence-electron chi connectivity index (χ0n) is 33.7. The third-order valence-corrected chi connectivity index (χ3v) is 10.7. The van der Waals surface area contributed by atoms with Crippen LogP contribution in [0.2, 0.25) is 0 Å². The van der Waals surface area contributed by atoms with Gasteiger partial charge in [0.15, 0.2) is 0 Å². The van der Waals surface area contributed by atoms with Crippen molar-refractivity contribution >= 4 is 29.6 Å². The number of amides is 4. The molecule has 0 spiro atoms. The van der Waals surface area contributed by atoms with Crippen LogP contribution in [0.4, 0.5) is 0 Å². The van der Waals surface area contributed by atoms with Crippen LogP contribution in [0.3, 0.4) is 0 Å². The highest BCUT2D eigenvalue weighted by Gasteiger charge is 2.43. The first kappa shape index (κ1) is 45.6. The maximum atomic E-state index is 14.2. The van der Waals surface area contributed by atoms with E-state index in [1.165, 1.54) is 21.3 Å². The summed E-state index contributed by atoms with van der Waals surface area (Å²) in [6.45, 7) is 11.7. The van der Waals surface area contributed by atoms with Gasteiger partial charge in [-0.25, -0.2) is 4.79 Å². The van der Waals surface area contributed by atoms with Crippen LogP contribution in [-0.4, -0.2) is 130 Å². The molecule has 300 valence electrons. The van der Waals surface area contributed by atoms with Crippen molar-refractivity contribution in [2.75, 3.05) is 42.0 Å². The van der Waals surface area contributed by atoms with Crippen LogP contribution in [0.15, 0.2) is 30.3 Å². The zero-order chi connectivity index (χ0) is 40.0. The molecule has 2 rings (SSSR count). The second-order valence-corrected chi connectivity index (χ2v) is 14.7. The number of likely N-dealkylation sites (N-methyl/N-ethyl adjacent to an activating group) is 2. The lowest BCUT2D eigenvalue weighted by Gasteiger charge is -2.41. The smallest absolute Gasteiger partial charge is 0.328 e. The number of nitrogens with zero attached hydrogens (tertiary/aromatic N) is 2. The fourth-order valence-electron chi connectivity index (χ4n) is 7.44. The number of likely N-dealkylation sites (tertiary alicyclic amines) is 1. The predicted octanol–water partition coefficient (Wildman–Crippen LogP) is 1.88. The molecule has 0 bridgehead atoms. The maximum Gasteiger partial charge on any atom is 0.328 e. The number of nitrogens with two attached hydrogens (primary N) is 1. The molecule has 14 nitrogen and oxygen atoms in total. The van der Waals surface area contributed by atoms with Gasteiger partial charge in [0.2, 0.25) is 23.6 Å². The van der Waals surface area contributed by atoms with Gasteiger partial charge in [-0.1, -0.05) is 71.4 Å². The van der Waals surface area contributed by atoms with Gasteiger partial charge in [-0.05, 0) is 44.2 Å². The van der Waals surface area contributed by atoms with Crippen molar-refractivity contribution < 1.29 is 38.2 Å². The van der Waals surface area contributed by atoms with Gasteiger partial charge in [-0.15, -0.1) is 0 Å². The first-order valence-corrected chi connectivity index (χ1v) is 18.8. The quantitative estimate of drug-likeness (QED) is 0.136. The molecule has 1 saturated heterocycles. The van der Waals surface area contributed by atoms with Crippen molar-refractivity contribution in [1.82, 2.24) is 25.8 Å². The van der Waals surface area contributed by atoms with Crippen LogP contribution in [0.5, 0.6) is 0 Å². The molecule has 1 aliphatic rings. The van der Waals surface area contributed by atoms with Gasteiger partial charge in [-0.2, -0.15) is 0 Å². The van der Waals surface area contributed by atoms with E-state index >= 15 is 0 Å². The number of nitrogens with one attached hydrogen (secondary N) is 3. The summed E-state index contributed by atoms with van der Waals surface area (Å²) in [6, 6.07) is 5.34. The van der Waals surface area contributed by atoms with E-state index in [0.29, 0.717) is 25.8 Å². The normalized spacial score (nSPS) is 19.6. The lowest BCUT2D eigenvalue weighted by molar-refractivity contribution is -0.148. The van der Waals surface area contributed by atoms with Gasteiger partial charge in [-0.3, -0.25) is 19.2 Å².